The van der Waals surface area contributed by atoms with E-state index in [-0.39, 0.29) is 17.3 Å². The summed E-state index contributed by atoms with van der Waals surface area (Å²) in [5.41, 5.74) is 2.70. The van der Waals surface area contributed by atoms with Crippen LogP contribution < -0.4 is 10.6 Å². The van der Waals surface area contributed by atoms with E-state index in [0.29, 0.717) is 16.3 Å². The number of anilines is 4. The summed E-state index contributed by atoms with van der Waals surface area (Å²) in [7, 11) is 0. The molecule has 0 aliphatic heterocycles. The number of nitro groups is 1. The van der Waals surface area contributed by atoms with E-state index in [0.717, 1.165) is 21.3 Å². The third-order valence-corrected chi connectivity index (χ3v) is 5.59. The zero-order valence-electron chi connectivity index (χ0n) is 16.2. The molecular formula is C21H15N7O2S. The molecular weight excluding hydrogens is 414 g/mol. The van der Waals surface area contributed by atoms with Crippen molar-refractivity contribution in [1.82, 2.24) is 19.9 Å². The van der Waals surface area contributed by atoms with Crippen LogP contribution in [0.5, 0.6) is 0 Å². The second kappa shape index (κ2) is 7.58. The highest BCUT2D eigenvalue weighted by Crippen LogP contribution is 2.36. The van der Waals surface area contributed by atoms with Crippen molar-refractivity contribution in [2.75, 3.05) is 10.6 Å². The first-order valence-electron chi connectivity index (χ1n) is 9.34. The van der Waals surface area contributed by atoms with Crippen LogP contribution >= 0.6 is 11.3 Å². The standard InChI is InChI=1S/C21H15N7O2S/c1-12-9-10-13-5-4-7-15(17(13)24-12)25-19-18(28(29)30)20(23-11-22-19)27-21-26-14-6-2-3-8-16(14)31-21/h2-11H,1H3,(H2,22,23,25,26,27). The summed E-state index contributed by atoms with van der Waals surface area (Å²) in [5.74, 6) is 0.130. The maximum Gasteiger partial charge on any atom is 0.353 e. The number of pyridine rings is 1. The maximum absolute atomic E-state index is 11.9. The van der Waals surface area contributed by atoms with Gasteiger partial charge in [-0.05, 0) is 31.2 Å². The van der Waals surface area contributed by atoms with Crippen molar-refractivity contribution in [3.8, 4) is 0 Å². The number of hydrogen-bond donors (Lipinski definition) is 2. The van der Waals surface area contributed by atoms with E-state index in [1.54, 1.807) is 6.07 Å². The SMILES string of the molecule is Cc1ccc2cccc(Nc3ncnc(Nc4nc5ccccc5s4)c3[N+](=O)[O-])c2n1. The van der Waals surface area contributed by atoms with Crippen molar-refractivity contribution in [2.24, 2.45) is 0 Å². The van der Waals surface area contributed by atoms with Gasteiger partial charge in [-0.1, -0.05) is 41.7 Å². The van der Waals surface area contributed by atoms with Gasteiger partial charge in [-0.25, -0.2) is 15.0 Å². The molecule has 0 aliphatic rings. The first-order valence-corrected chi connectivity index (χ1v) is 10.2. The minimum Gasteiger partial charge on any atom is -0.332 e. The Kier molecular flexibility index (Phi) is 4.60. The van der Waals surface area contributed by atoms with Crippen LogP contribution in [0.3, 0.4) is 0 Å². The van der Waals surface area contributed by atoms with Crippen molar-refractivity contribution < 1.29 is 4.92 Å². The second-order valence-electron chi connectivity index (χ2n) is 6.74. The highest BCUT2D eigenvalue weighted by molar-refractivity contribution is 7.22. The van der Waals surface area contributed by atoms with E-state index in [9.17, 15) is 10.1 Å². The molecule has 0 unspecified atom stereocenters. The molecule has 2 aromatic carbocycles. The van der Waals surface area contributed by atoms with Crippen molar-refractivity contribution in [1.29, 1.82) is 0 Å². The van der Waals surface area contributed by atoms with Crippen molar-refractivity contribution in [3.05, 3.63) is 76.7 Å². The molecule has 9 nitrogen and oxygen atoms in total. The van der Waals surface area contributed by atoms with Gasteiger partial charge < -0.3 is 10.6 Å². The number of nitrogens with one attached hydrogen (secondary N) is 2. The summed E-state index contributed by atoms with van der Waals surface area (Å²) >= 11 is 1.39. The van der Waals surface area contributed by atoms with Crippen LogP contribution in [0.25, 0.3) is 21.1 Å². The average Bonchev–Trinajstić information content (AvgIpc) is 3.16. The smallest absolute Gasteiger partial charge is 0.332 e. The Bertz CT molecular complexity index is 1420. The highest BCUT2D eigenvalue weighted by Gasteiger charge is 2.24. The number of rotatable bonds is 5. The van der Waals surface area contributed by atoms with Crippen molar-refractivity contribution in [3.63, 3.8) is 0 Å². The van der Waals surface area contributed by atoms with Gasteiger partial charge in [-0.3, -0.25) is 15.1 Å². The molecule has 10 heteroatoms. The summed E-state index contributed by atoms with van der Waals surface area (Å²) < 4.78 is 0.970. The monoisotopic (exact) mass is 429 g/mol. The van der Waals surface area contributed by atoms with Gasteiger partial charge in [0.1, 0.15) is 6.33 Å². The van der Waals surface area contributed by atoms with Gasteiger partial charge in [0.15, 0.2) is 5.13 Å². The zero-order chi connectivity index (χ0) is 21.4. The molecule has 0 atom stereocenters. The Balaban J connectivity index is 1.56. The quantitative estimate of drug-likeness (QED) is 0.284. The molecule has 31 heavy (non-hydrogen) atoms. The summed E-state index contributed by atoms with van der Waals surface area (Å²) in [6.07, 6.45) is 1.27. The molecule has 0 radical (unpaired) electrons. The van der Waals surface area contributed by atoms with E-state index in [1.807, 2.05) is 55.5 Å². The van der Waals surface area contributed by atoms with Crippen molar-refractivity contribution in [2.45, 2.75) is 6.92 Å². The van der Waals surface area contributed by atoms with Crippen molar-refractivity contribution >= 4 is 60.6 Å². The molecule has 0 aliphatic carbocycles. The Morgan fingerprint density at radius 3 is 2.55 bits per heavy atom. The largest absolute Gasteiger partial charge is 0.353 e. The number of thiazole rings is 1. The molecule has 0 spiro atoms. The van der Waals surface area contributed by atoms with Crippen LogP contribution in [0.4, 0.5) is 28.1 Å². The fourth-order valence-electron chi connectivity index (χ4n) is 3.23. The van der Waals surface area contributed by atoms with Crippen LogP contribution in [0.1, 0.15) is 5.69 Å². The van der Waals surface area contributed by atoms with E-state index >= 15 is 0 Å². The van der Waals surface area contributed by atoms with Gasteiger partial charge in [0.05, 0.1) is 26.3 Å². The second-order valence-corrected chi connectivity index (χ2v) is 7.77. The van der Waals surface area contributed by atoms with Gasteiger partial charge in [0.2, 0.25) is 11.6 Å². The maximum atomic E-state index is 11.9. The molecule has 152 valence electrons. The van der Waals surface area contributed by atoms with Crippen LogP contribution in [0.15, 0.2) is 60.9 Å². The first kappa shape index (κ1) is 18.8. The lowest BCUT2D eigenvalue weighted by atomic mass is 10.1. The van der Waals surface area contributed by atoms with Crippen LogP contribution in [-0.4, -0.2) is 24.9 Å². The summed E-state index contributed by atoms with van der Waals surface area (Å²) in [6.45, 7) is 1.89. The minimum absolute atomic E-state index is 0.0610. The Labute approximate surface area is 180 Å². The first-order chi connectivity index (χ1) is 15.1. The highest BCUT2D eigenvalue weighted by atomic mass is 32.1. The predicted octanol–water partition coefficient (Wildman–Crippen LogP) is 5.34. The number of aromatic nitrogens is 4. The van der Waals surface area contributed by atoms with E-state index < -0.39 is 4.92 Å². The number of benzene rings is 2. The molecule has 0 saturated heterocycles. The van der Waals surface area contributed by atoms with Gasteiger partial charge in [0, 0.05) is 11.1 Å². The molecule has 3 heterocycles. The summed E-state index contributed by atoms with van der Waals surface area (Å²) in [4.78, 5) is 28.7. The zero-order valence-corrected chi connectivity index (χ0v) is 17.1. The van der Waals surface area contributed by atoms with E-state index in [1.165, 1.54) is 17.7 Å². The van der Waals surface area contributed by atoms with Gasteiger partial charge >= 0.3 is 5.69 Å². The molecule has 0 bridgehead atoms. The van der Waals surface area contributed by atoms with Gasteiger partial charge in [-0.15, -0.1) is 0 Å². The summed E-state index contributed by atoms with van der Waals surface area (Å²) in [5, 5.41) is 19.4. The average molecular weight is 429 g/mol. The van der Waals surface area contributed by atoms with Crippen LogP contribution in [0, 0.1) is 17.0 Å². The molecule has 0 saturated carbocycles. The number of hydrogen-bond acceptors (Lipinski definition) is 9. The Hall–Kier alpha value is -4.18. The Morgan fingerprint density at radius 2 is 1.74 bits per heavy atom. The lowest BCUT2D eigenvalue weighted by molar-refractivity contribution is -0.383. The molecule has 0 amide bonds. The molecule has 5 rings (SSSR count). The summed E-state index contributed by atoms with van der Waals surface area (Å²) in [6, 6.07) is 17.1. The number of fused-ring (bicyclic) bond motifs is 2. The molecule has 3 aromatic heterocycles. The fourth-order valence-corrected chi connectivity index (χ4v) is 4.10. The lowest BCUT2D eigenvalue weighted by Crippen LogP contribution is -2.06. The minimum atomic E-state index is -0.512. The van der Waals surface area contributed by atoms with Gasteiger partial charge in [0.25, 0.3) is 0 Å². The van der Waals surface area contributed by atoms with E-state index in [4.69, 9.17) is 0 Å². The fraction of sp³-hybridized carbons (Fsp3) is 0.0476. The number of nitrogens with zero attached hydrogens (tertiary/aromatic N) is 5. The molecule has 0 fully saturated rings. The van der Waals surface area contributed by atoms with Gasteiger partial charge in [-0.2, -0.15) is 0 Å². The van der Waals surface area contributed by atoms with E-state index in [2.05, 4.69) is 30.6 Å². The molecule has 2 N–H and O–H groups in total. The third-order valence-electron chi connectivity index (χ3n) is 4.64. The molecule has 5 aromatic rings. The lowest BCUT2D eigenvalue weighted by Gasteiger charge is -2.11. The normalized spacial score (nSPS) is 11.0. The predicted molar refractivity (Wildman–Crippen MR) is 121 cm³/mol. The van der Waals surface area contributed by atoms with Crippen LogP contribution in [-0.2, 0) is 0 Å². The number of para-hydroxylation sites is 2. The van der Waals surface area contributed by atoms with Crippen LogP contribution in [0.2, 0.25) is 0 Å². The topological polar surface area (TPSA) is 119 Å². The number of aryl methyl sites for hydroxylation is 1. The Morgan fingerprint density at radius 1 is 0.935 bits per heavy atom. The third kappa shape index (κ3) is 3.60.